The van der Waals surface area contributed by atoms with Crippen LogP contribution in [0.15, 0.2) is 45.5 Å². The van der Waals surface area contributed by atoms with Crippen molar-refractivity contribution in [3.05, 3.63) is 62.9 Å². The summed E-state index contributed by atoms with van der Waals surface area (Å²) in [5.74, 6) is -0.545. The van der Waals surface area contributed by atoms with Gasteiger partial charge in [0.2, 0.25) is 5.43 Å². The summed E-state index contributed by atoms with van der Waals surface area (Å²) in [6.07, 6.45) is 1.31. The van der Waals surface area contributed by atoms with Gasteiger partial charge in [0.15, 0.2) is 0 Å². The zero-order valence-corrected chi connectivity index (χ0v) is 18.1. The van der Waals surface area contributed by atoms with Crippen LogP contribution >= 0.6 is 22.9 Å². The number of benzene rings is 1. The predicted octanol–water partition coefficient (Wildman–Crippen LogP) is 2.19. The third-order valence-corrected chi connectivity index (χ3v) is 8.39. The second kappa shape index (κ2) is 8.48. The number of carbonyl (C=O) groups excluding carboxylic acids is 1. The molecular formula is C19H18ClN3O5S2. The number of nitrogens with one attached hydrogen (secondary N) is 2. The molecule has 2 aromatic heterocycles. The highest BCUT2D eigenvalue weighted by atomic mass is 35.5. The normalized spacial score (nSPS) is 15.4. The van der Waals surface area contributed by atoms with E-state index in [4.69, 9.17) is 16.3 Å². The molecule has 1 aliphatic heterocycles. The highest BCUT2D eigenvalue weighted by Crippen LogP contribution is 2.28. The molecule has 11 heteroatoms. The molecule has 158 valence electrons. The molecule has 30 heavy (non-hydrogen) atoms. The number of ether oxygens (including phenoxy) is 1. The number of nitrogens with zero attached hydrogens (tertiary/aromatic N) is 1. The van der Waals surface area contributed by atoms with Crippen LogP contribution in [-0.4, -0.2) is 49.9 Å². The first-order valence-electron chi connectivity index (χ1n) is 9.12. The van der Waals surface area contributed by atoms with Gasteiger partial charge in [0.1, 0.15) is 14.6 Å². The van der Waals surface area contributed by atoms with Gasteiger partial charge in [-0.25, -0.2) is 8.42 Å². The van der Waals surface area contributed by atoms with E-state index in [1.807, 2.05) is 0 Å². The lowest BCUT2D eigenvalue weighted by molar-refractivity contribution is 0.0731. The lowest BCUT2D eigenvalue weighted by Crippen LogP contribution is -2.40. The number of halogens is 1. The maximum atomic E-state index is 12.8. The van der Waals surface area contributed by atoms with Crippen LogP contribution in [-0.2, 0) is 21.3 Å². The minimum Gasteiger partial charge on any atom is -0.379 e. The Morgan fingerprint density at radius 2 is 1.93 bits per heavy atom. The molecule has 0 unspecified atom stereocenters. The molecule has 1 saturated heterocycles. The summed E-state index contributed by atoms with van der Waals surface area (Å²) in [7, 11) is -3.72. The topological polar surface area (TPSA) is 109 Å². The molecule has 4 rings (SSSR count). The highest BCUT2D eigenvalue weighted by Gasteiger charge is 2.29. The minimum absolute atomic E-state index is 0.0615. The summed E-state index contributed by atoms with van der Waals surface area (Å²) in [6.45, 7) is 1.43. The van der Waals surface area contributed by atoms with Crippen LogP contribution in [0.25, 0.3) is 10.2 Å². The SMILES string of the molecule is O=C(NCc1ccc(Cl)cc1)c1c[nH]c2sc(S(=O)(=O)N3CCOCC3)cc2c1=O. The zero-order valence-electron chi connectivity index (χ0n) is 15.7. The summed E-state index contributed by atoms with van der Waals surface area (Å²) in [6, 6.07) is 8.31. The van der Waals surface area contributed by atoms with Crippen molar-refractivity contribution in [3.8, 4) is 0 Å². The first-order chi connectivity index (χ1) is 14.4. The van der Waals surface area contributed by atoms with E-state index < -0.39 is 21.4 Å². The Morgan fingerprint density at radius 3 is 2.63 bits per heavy atom. The number of pyridine rings is 1. The van der Waals surface area contributed by atoms with Gasteiger partial charge in [-0.05, 0) is 23.8 Å². The van der Waals surface area contributed by atoms with Crippen molar-refractivity contribution in [3.63, 3.8) is 0 Å². The smallest absolute Gasteiger partial charge is 0.257 e. The maximum absolute atomic E-state index is 12.8. The summed E-state index contributed by atoms with van der Waals surface area (Å²) in [4.78, 5) is 28.6. The molecule has 0 atom stereocenters. The molecule has 0 radical (unpaired) electrons. The summed E-state index contributed by atoms with van der Waals surface area (Å²) in [5.41, 5.74) is 0.237. The standard InChI is InChI=1S/C19H18ClN3O5S2/c20-13-3-1-12(2-4-13)10-21-18(25)15-11-22-19-14(17(15)24)9-16(29-19)30(26,27)23-5-7-28-8-6-23/h1-4,9,11H,5-8,10H2,(H,21,25)(H,22,24). The Bertz CT molecular complexity index is 1250. The van der Waals surface area contributed by atoms with Crippen LogP contribution in [0.5, 0.6) is 0 Å². The Balaban J connectivity index is 1.58. The third-order valence-electron chi connectivity index (χ3n) is 4.72. The lowest BCUT2D eigenvalue weighted by Gasteiger charge is -2.25. The van der Waals surface area contributed by atoms with E-state index in [2.05, 4.69) is 10.3 Å². The second-order valence-electron chi connectivity index (χ2n) is 6.67. The van der Waals surface area contributed by atoms with Crippen molar-refractivity contribution in [2.24, 2.45) is 0 Å². The predicted molar refractivity (Wildman–Crippen MR) is 115 cm³/mol. The van der Waals surface area contributed by atoms with E-state index in [0.717, 1.165) is 16.9 Å². The number of morpholine rings is 1. The van der Waals surface area contributed by atoms with Gasteiger partial charge < -0.3 is 15.0 Å². The van der Waals surface area contributed by atoms with Crippen molar-refractivity contribution in [1.82, 2.24) is 14.6 Å². The van der Waals surface area contributed by atoms with E-state index in [0.29, 0.717) is 23.1 Å². The number of aromatic nitrogens is 1. The molecule has 1 aliphatic rings. The number of aromatic amines is 1. The molecule has 8 nitrogen and oxygen atoms in total. The fourth-order valence-corrected chi connectivity index (χ4v) is 6.10. The Labute approximate surface area is 181 Å². The number of H-pyrrole nitrogens is 1. The van der Waals surface area contributed by atoms with E-state index in [9.17, 15) is 18.0 Å². The quantitative estimate of drug-likeness (QED) is 0.598. The Hall–Kier alpha value is -2.24. The van der Waals surface area contributed by atoms with Crippen LogP contribution in [0.3, 0.4) is 0 Å². The molecule has 0 saturated carbocycles. The fraction of sp³-hybridized carbons (Fsp3) is 0.263. The van der Waals surface area contributed by atoms with E-state index in [1.165, 1.54) is 16.6 Å². The highest BCUT2D eigenvalue weighted by molar-refractivity contribution is 7.91. The third kappa shape index (κ3) is 4.14. The monoisotopic (exact) mass is 467 g/mol. The zero-order chi connectivity index (χ0) is 21.3. The molecular weight excluding hydrogens is 450 g/mol. The maximum Gasteiger partial charge on any atom is 0.257 e. The number of thiophene rings is 1. The number of rotatable bonds is 5. The number of hydrogen-bond acceptors (Lipinski definition) is 6. The molecule has 1 fully saturated rings. The fourth-order valence-electron chi connectivity index (χ4n) is 3.08. The van der Waals surface area contributed by atoms with Crippen LogP contribution in [0.4, 0.5) is 0 Å². The Kier molecular flexibility index (Phi) is 5.94. The lowest BCUT2D eigenvalue weighted by atomic mass is 10.2. The molecule has 0 bridgehead atoms. The van der Waals surface area contributed by atoms with Crippen LogP contribution in [0, 0.1) is 0 Å². The van der Waals surface area contributed by atoms with Gasteiger partial charge >= 0.3 is 0 Å². The largest absolute Gasteiger partial charge is 0.379 e. The minimum atomic E-state index is -3.72. The van der Waals surface area contributed by atoms with E-state index in [1.54, 1.807) is 24.3 Å². The van der Waals surface area contributed by atoms with Crippen molar-refractivity contribution in [1.29, 1.82) is 0 Å². The second-order valence-corrected chi connectivity index (χ2v) is 10.3. The van der Waals surface area contributed by atoms with Crippen molar-refractivity contribution in [2.45, 2.75) is 10.8 Å². The van der Waals surface area contributed by atoms with Crippen LogP contribution < -0.4 is 10.7 Å². The van der Waals surface area contributed by atoms with Crippen LogP contribution in [0.1, 0.15) is 15.9 Å². The van der Waals surface area contributed by atoms with Crippen molar-refractivity contribution >= 4 is 49.1 Å². The van der Waals surface area contributed by atoms with Gasteiger partial charge in [0.05, 0.1) is 18.6 Å². The molecule has 0 aliphatic carbocycles. The van der Waals surface area contributed by atoms with Gasteiger partial charge in [-0.2, -0.15) is 4.31 Å². The number of fused-ring (bicyclic) bond motifs is 1. The average Bonchev–Trinajstić information content (AvgIpc) is 3.20. The summed E-state index contributed by atoms with van der Waals surface area (Å²) < 4.78 is 32.3. The molecule has 2 N–H and O–H groups in total. The van der Waals surface area contributed by atoms with Crippen molar-refractivity contribution in [2.75, 3.05) is 26.3 Å². The van der Waals surface area contributed by atoms with Gasteiger partial charge in [-0.1, -0.05) is 23.7 Å². The van der Waals surface area contributed by atoms with Gasteiger partial charge in [-0.3, -0.25) is 9.59 Å². The molecule has 3 heterocycles. The average molecular weight is 468 g/mol. The Morgan fingerprint density at radius 1 is 1.23 bits per heavy atom. The van der Waals surface area contributed by atoms with Gasteiger partial charge in [-0.15, -0.1) is 11.3 Å². The molecule has 0 spiro atoms. The van der Waals surface area contributed by atoms with Crippen LogP contribution in [0.2, 0.25) is 5.02 Å². The summed E-state index contributed by atoms with van der Waals surface area (Å²) >= 11 is 6.82. The first-order valence-corrected chi connectivity index (χ1v) is 11.8. The number of hydrogen-bond donors (Lipinski definition) is 2. The van der Waals surface area contributed by atoms with E-state index in [-0.39, 0.29) is 34.8 Å². The summed E-state index contributed by atoms with van der Waals surface area (Å²) in [5, 5.41) is 3.45. The number of sulfonamides is 1. The molecule has 1 aromatic carbocycles. The van der Waals surface area contributed by atoms with Gasteiger partial charge in [0.25, 0.3) is 15.9 Å². The van der Waals surface area contributed by atoms with Gasteiger partial charge in [0, 0.05) is 30.9 Å². The molecule has 3 aromatic rings. The number of amides is 1. The first kappa shape index (κ1) is 21.0. The molecule has 1 amide bonds. The van der Waals surface area contributed by atoms with Crippen molar-refractivity contribution < 1.29 is 17.9 Å². The number of carbonyl (C=O) groups is 1. The van der Waals surface area contributed by atoms with E-state index >= 15 is 0 Å².